The number of hydrogen-bond donors (Lipinski definition) is 1. The van der Waals surface area contributed by atoms with Gasteiger partial charge in [0.1, 0.15) is 23.8 Å². The van der Waals surface area contributed by atoms with Gasteiger partial charge in [0.15, 0.2) is 5.58 Å². The summed E-state index contributed by atoms with van der Waals surface area (Å²) in [4.78, 5) is 27.9. The van der Waals surface area contributed by atoms with Crippen LogP contribution < -0.4 is 24.5 Å². The van der Waals surface area contributed by atoms with Crippen LogP contribution in [0.3, 0.4) is 0 Å². The molecule has 4 aromatic rings. The number of methoxy groups -OCH3 is 1. The van der Waals surface area contributed by atoms with Crippen LogP contribution in [0, 0.1) is 0 Å². The quantitative estimate of drug-likeness (QED) is 0.167. The molecule has 1 aromatic heterocycles. The molecule has 0 atom stereocenters. The Morgan fingerprint density at radius 3 is 2.18 bits per heavy atom. The molecule has 2 heterocycles. The Labute approximate surface area is 253 Å². The Hall–Kier alpha value is -4.31. The van der Waals surface area contributed by atoms with Gasteiger partial charge >= 0.3 is 12.1 Å². The minimum absolute atomic E-state index is 0.0338. The van der Waals surface area contributed by atoms with E-state index >= 15 is 0 Å². The summed E-state index contributed by atoms with van der Waals surface area (Å²) in [5.74, 6) is -2.52. The molecule has 1 N–H and O–H groups in total. The van der Waals surface area contributed by atoms with Crippen LogP contribution in [-0.2, 0) is 19.1 Å². The van der Waals surface area contributed by atoms with Crippen molar-refractivity contribution in [1.29, 1.82) is 0 Å². The molecule has 7 nitrogen and oxygen atoms in total. The molecule has 10 heteroatoms. The maximum atomic E-state index is 14.4. The maximum Gasteiger partial charge on any atom is 0.453 e. The van der Waals surface area contributed by atoms with E-state index in [1.165, 1.54) is 43.5 Å². The lowest BCUT2D eigenvalue weighted by Crippen LogP contribution is -3.10. The molecule has 0 aliphatic carbocycles. The third-order valence-corrected chi connectivity index (χ3v) is 7.78. The highest BCUT2D eigenvalue weighted by Crippen LogP contribution is 2.40. The van der Waals surface area contributed by atoms with Crippen LogP contribution in [0.1, 0.15) is 66.3 Å². The van der Waals surface area contributed by atoms with Crippen molar-refractivity contribution in [1.82, 2.24) is 0 Å². The number of hydrogen-bond acceptors (Lipinski definition) is 6. The number of benzene rings is 3. The zero-order valence-corrected chi connectivity index (χ0v) is 24.7. The molecular formula is C34H35F3NO6+. The summed E-state index contributed by atoms with van der Waals surface area (Å²) in [5, 5.41) is -0.0935. The van der Waals surface area contributed by atoms with E-state index in [1.807, 2.05) is 6.92 Å². The fraction of sp³-hybridized carbons (Fsp3) is 0.353. The molecule has 0 bridgehead atoms. The van der Waals surface area contributed by atoms with Crippen molar-refractivity contribution in [3.8, 4) is 23.0 Å². The van der Waals surface area contributed by atoms with E-state index in [0.29, 0.717) is 5.75 Å². The largest absolute Gasteiger partial charge is 0.497 e. The highest BCUT2D eigenvalue weighted by Gasteiger charge is 2.41. The number of likely N-dealkylation sites (tertiary alicyclic amines) is 1. The van der Waals surface area contributed by atoms with Gasteiger partial charge in [-0.3, -0.25) is 4.79 Å². The van der Waals surface area contributed by atoms with Crippen molar-refractivity contribution in [2.24, 2.45) is 0 Å². The van der Waals surface area contributed by atoms with Gasteiger partial charge in [0.05, 0.1) is 36.7 Å². The summed E-state index contributed by atoms with van der Waals surface area (Å²) in [6, 6.07) is 15.6. The number of halogens is 3. The van der Waals surface area contributed by atoms with Gasteiger partial charge in [-0.05, 0) is 86.2 Å². The van der Waals surface area contributed by atoms with Gasteiger partial charge in [0, 0.05) is 0 Å². The van der Waals surface area contributed by atoms with Crippen molar-refractivity contribution in [3.63, 3.8) is 0 Å². The van der Waals surface area contributed by atoms with Crippen molar-refractivity contribution in [2.45, 2.75) is 58.2 Å². The van der Waals surface area contributed by atoms with Crippen molar-refractivity contribution in [2.75, 3.05) is 20.2 Å². The summed E-state index contributed by atoms with van der Waals surface area (Å²) < 4.78 is 65.3. The molecule has 3 aromatic carbocycles. The summed E-state index contributed by atoms with van der Waals surface area (Å²) >= 11 is 0. The third-order valence-electron chi connectivity index (χ3n) is 7.78. The monoisotopic (exact) mass is 610 g/mol. The second-order valence-electron chi connectivity index (χ2n) is 11.0. The lowest BCUT2D eigenvalue weighted by molar-refractivity contribution is -0.913. The summed E-state index contributed by atoms with van der Waals surface area (Å²) in [7, 11) is 1.50. The summed E-state index contributed by atoms with van der Waals surface area (Å²) in [5.41, 5.74) is 0.212. The van der Waals surface area contributed by atoms with E-state index in [2.05, 4.69) is 0 Å². The molecule has 232 valence electrons. The number of fused-ring (bicyclic) bond motifs is 1. The number of carbonyl (C=O) groups excluding carboxylic acids is 1. The van der Waals surface area contributed by atoms with E-state index in [9.17, 15) is 22.8 Å². The Morgan fingerprint density at radius 1 is 0.909 bits per heavy atom. The maximum absolute atomic E-state index is 14.4. The molecule has 1 aliphatic heterocycles. The summed E-state index contributed by atoms with van der Waals surface area (Å²) in [6.07, 6.45) is 0.706. The predicted octanol–water partition coefficient (Wildman–Crippen LogP) is 6.74. The zero-order valence-electron chi connectivity index (χ0n) is 24.7. The van der Waals surface area contributed by atoms with Gasteiger partial charge < -0.3 is 23.5 Å². The van der Waals surface area contributed by atoms with E-state index in [-0.39, 0.29) is 40.1 Å². The first-order valence-corrected chi connectivity index (χ1v) is 14.8. The van der Waals surface area contributed by atoms with E-state index < -0.39 is 29.1 Å². The fourth-order valence-corrected chi connectivity index (χ4v) is 5.49. The highest BCUT2D eigenvalue weighted by molar-refractivity contribution is 5.92. The van der Waals surface area contributed by atoms with Crippen LogP contribution in [0.4, 0.5) is 13.2 Å². The van der Waals surface area contributed by atoms with Crippen LogP contribution in [0.25, 0.3) is 11.0 Å². The first-order chi connectivity index (χ1) is 21.2. The van der Waals surface area contributed by atoms with Gasteiger partial charge in [-0.2, -0.15) is 13.2 Å². The van der Waals surface area contributed by atoms with Crippen LogP contribution in [0.5, 0.6) is 23.0 Å². The number of nitrogens with one attached hydrogen (secondary N) is 1. The molecule has 1 saturated heterocycles. The van der Waals surface area contributed by atoms with Crippen LogP contribution in [0.15, 0.2) is 69.9 Å². The molecule has 1 fully saturated rings. The van der Waals surface area contributed by atoms with E-state index in [4.69, 9.17) is 18.6 Å². The lowest BCUT2D eigenvalue weighted by Gasteiger charge is -2.20. The second kappa shape index (κ2) is 13.5. The fourth-order valence-electron chi connectivity index (χ4n) is 5.49. The minimum Gasteiger partial charge on any atom is -0.497 e. The van der Waals surface area contributed by atoms with Crippen LogP contribution >= 0.6 is 0 Å². The molecule has 44 heavy (non-hydrogen) atoms. The topological polar surface area (TPSA) is 79.4 Å². The molecular weight excluding hydrogens is 575 g/mol. The average molecular weight is 611 g/mol. The number of carbonyl (C=O) groups is 1. The average Bonchev–Trinajstić information content (AvgIpc) is 3.29. The van der Waals surface area contributed by atoms with Gasteiger partial charge in [-0.15, -0.1) is 0 Å². The van der Waals surface area contributed by atoms with Crippen molar-refractivity contribution in [3.05, 3.63) is 93.3 Å². The molecule has 0 spiro atoms. The lowest BCUT2D eigenvalue weighted by atomic mass is 10.1. The van der Waals surface area contributed by atoms with Gasteiger partial charge in [0.25, 0.3) is 5.76 Å². The number of esters is 1. The number of rotatable bonds is 9. The SMILES string of the molecule is CCCc1ccc(Oc2c(C(F)(F)F)oc3c(C[NH+]4CCCCCC4)c(OC(=O)c4ccc(OC)cc4)ccc3c2=O)cc1. The van der Waals surface area contributed by atoms with Crippen LogP contribution in [0.2, 0.25) is 0 Å². The van der Waals surface area contributed by atoms with Crippen LogP contribution in [-0.4, -0.2) is 26.2 Å². The number of aryl methyl sites for hydroxylation is 1. The Kier molecular flexibility index (Phi) is 9.58. The number of ether oxygens (including phenoxy) is 3. The zero-order chi connectivity index (χ0) is 31.3. The predicted molar refractivity (Wildman–Crippen MR) is 159 cm³/mol. The molecule has 0 unspecified atom stereocenters. The Morgan fingerprint density at radius 2 is 1.57 bits per heavy atom. The standard InChI is InChI=1S/C34H34F3NO6/c1-3-8-22-9-13-25(14-10-22)42-31-29(39)26-17-18-28(43-33(40)23-11-15-24(41-2)16-12-23)27(21-38-19-6-4-5-7-20-38)30(26)44-32(31)34(35,36)37/h9-18H,3-8,19-21H2,1-2H3/p+1. The number of quaternary nitrogens is 1. The van der Waals surface area contributed by atoms with E-state index in [1.54, 1.807) is 24.3 Å². The van der Waals surface area contributed by atoms with Gasteiger partial charge in [-0.25, -0.2) is 4.79 Å². The first-order valence-electron chi connectivity index (χ1n) is 14.8. The minimum atomic E-state index is -5.03. The smallest absolute Gasteiger partial charge is 0.453 e. The third kappa shape index (κ3) is 7.07. The Bertz CT molecular complexity index is 1650. The first kappa shape index (κ1) is 31.1. The Balaban J connectivity index is 1.61. The molecule has 0 amide bonds. The molecule has 0 saturated carbocycles. The molecule has 0 radical (unpaired) electrons. The molecule has 1 aliphatic rings. The molecule has 5 rings (SSSR count). The van der Waals surface area contributed by atoms with E-state index in [0.717, 1.165) is 62.1 Å². The highest BCUT2D eigenvalue weighted by atomic mass is 19.4. The number of alkyl halides is 3. The summed E-state index contributed by atoms with van der Waals surface area (Å²) in [6.45, 7) is 3.80. The van der Waals surface area contributed by atoms with Gasteiger partial charge in [-0.1, -0.05) is 25.5 Å². The normalized spacial score (nSPS) is 14.3. The van der Waals surface area contributed by atoms with Gasteiger partial charge in [0.2, 0.25) is 11.2 Å². The second-order valence-corrected chi connectivity index (χ2v) is 11.0. The van der Waals surface area contributed by atoms with Crippen molar-refractivity contribution >= 4 is 16.9 Å². The van der Waals surface area contributed by atoms with Crippen molar-refractivity contribution < 1.29 is 41.5 Å².